The molecule has 1 heterocycles. The molecule has 1 aromatic carbocycles. The van der Waals surface area contributed by atoms with Crippen molar-refractivity contribution in [2.24, 2.45) is 0 Å². The zero-order chi connectivity index (χ0) is 19.1. The van der Waals surface area contributed by atoms with Crippen LogP contribution in [0.15, 0.2) is 18.2 Å². The quantitative estimate of drug-likeness (QED) is 0.529. The lowest BCUT2D eigenvalue weighted by Crippen LogP contribution is -2.37. The Labute approximate surface area is 159 Å². The molecule has 0 aliphatic heterocycles. The summed E-state index contributed by atoms with van der Waals surface area (Å²) >= 11 is 11.7. The predicted octanol–water partition coefficient (Wildman–Crippen LogP) is 1.65. The first kappa shape index (κ1) is 19.6. The summed E-state index contributed by atoms with van der Waals surface area (Å²) in [5.74, 6) is -0.642. The maximum atomic E-state index is 12.0. The topological polar surface area (TPSA) is 137 Å². The monoisotopic (exact) mass is 394 g/mol. The number of nitrogens with one attached hydrogen (secondary N) is 3. The van der Waals surface area contributed by atoms with E-state index in [2.05, 4.69) is 20.8 Å². The molecule has 0 aliphatic carbocycles. The van der Waals surface area contributed by atoms with Gasteiger partial charge in [-0.2, -0.15) is 10.4 Å². The number of halogens is 2. The molecule has 1 aromatic heterocycles. The fraction of sp³-hybridized carbons (Fsp3) is 0.250. The van der Waals surface area contributed by atoms with Gasteiger partial charge in [-0.1, -0.05) is 23.2 Å². The van der Waals surface area contributed by atoms with Crippen molar-refractivity contribution in [3.8, 4) is 6.07 Å². The van der Waals surface area contributed by atoms with Gasteiger partial charge in [-0.3, -0.25) is 14.7 Å². The minimum Gasteiger partial charge on any atom is -0.381 e. The summed E-state index contributed by atoms with van der Waals surface area (Å²) in [7, 11) is 0. The highest BCUT2D eigenvalue weighted by Crippen LogP contribution is 2.20. The third kappa shape index (κ3) is 5.12. The molecule has 0 saturated heterocycles. The van der Waals surface area contributed by atoms with Crippen LogP contribution >= 0.6 is 23.2 Å². The lowest BCUT2D eigenvalue weighted by molar-refractivity contribution is -0.120. The second kappa shape index (κ2) is 9.08. The van der Waals surface area contributed by atoms with Crippen LogP contribution in [0.25, 0.3) is 0 Å². The minimum atomic E-state index is -0.464. The molecule has 0 fully saturated rings. The Kier molecular flexibility index (Phi) is 6.83. The van der Waals surface area contributed by atoms with Gasteiger partial charge in [-0.15, -0.1) is 0 Å². The van der Waals surface area contributed by atoms with Gasteiger partial charge >= 0.3 is 0 Å². The number of carbonyl (C=O) groups excluding carboxylic acids is 2. The number of benzene rings is 1. The van der Waals surface area contributed by atoms with E-state index in [0.29, 0.717) is 35.7 Å². The summed E-state index contributed by atoms with van der Waals surface area (Å²) < 4.78 is 0. The fourth-order valence-corrected chi connectivity index (χ4v) is 2.68. The second-order valence-corrected chi connectivity index (χ2v) is 6.18. The summed E-state index contributed by atoms with van der Waals surface area (Å²) in [6, 6.07) is 6.46. The molecule has 2 amide bonds. The molecule has 0 spiro atoms. The van der Waals surface area contributed by atoms with Crippen LogP contribution in [0.3, 0.4) is 0 Å². The van der Waals surface area contributed by atoms with Crippen LogP contribution in [0.4, 0.5) is 5.82 Å². The summed E-state index contributed by atoms with van der Waals surface area (Å²) in [4.78, 5) is 23.8. The number of nitrogens with two attached hydrogens (primary N) is 1. The lowest BCUT2D eigenvalue weighted by Gasteiger charge is -2.08. The van der Waals surface area contributed by atoms with E-state index in [1.165, 1.54) is 12.1 Å². The number of carbonyl (C=O) groups is 2. The summed E-state index contributed by atoms with van der Waals surface area (Å²) in [5.41, 5.74) is 6.74. The number of rotatable bonds is 7. The molecule has 0 saturated carbocycles. The maximum Gasteiger partial charge on any atom is 0.253 e. The molecular formula is C16H16Cl2N6O2. The number of aromatic amines is 1. The van der Waals surface area contributed by atoms with E-state index in [-0.39, 0.29) is 28.9 Å². The average Bonchev–Trinajstić information content (AvgIpc) is 2.96. The van der Waals surface area contributed by atoms with E-state index in [4.69, 9.17) is 34.2 Å². The Hall–Kier alpha value is -2.76. The van der Waals surface area contributed by atoms with Crippen molar-refractivity contribution in [2.45, 2.75) is 12.8 Å². The van der Waals surface area contributed by atoms with Gasteiger partial charge in [0.15, 0.2) is 5.82 Å². The van der Waals surface area contributed by atoms with E-state index in [9.17, 15) is 9.59 Å². The number of hydrogen-bond donors (Lipinski definition) is 4. The molecule has 0 radical (unpaired) electrons. The summed E-state index contributed by atoms with van der Waals surface area (Å²) in [6.07, 6.45) is 1.10. The molecule has 0 aliphatic rings. The van der Waals surface area contributed by atoms with Crippen molar-refractivity contribution in [3.63, 3.8) is 0 Å². The molecule has 2 aromatic rings. The van der Waals surface area contributed by atoms with Crippen molar-refractivity contribution in [1.29, 1.82) is 5.26 Å². The van der Waals surface area contributed by atoms with Gasteiger partial charge in [0.25, 0.3) is 5.91 Å². The molecule has 10 heteroatoms. The molecule has 136 valence electrons. The minimum absolute atomic E-state index is 0.162. The summed E-state index contributed by atoms with van der Waals surface area (Å²) in [5, 5.41) is 21.2. The van der Waals surface area contributed by atoms with Gasteiger partial charge in [0.1, 0.15) is 11.6 Å². The molecule has 26 heavy (non-hydrogen) atoms. The highest BCUT2D eigenvalue weighted by atomic mass is 35.5. The van der Waals surface area contributed by atoms with Crippen molar-refractivity contribution >= 4 is 40.8 Å². The highest BCUT2D eigenvalue weighted by Gasteiger charge is 2.12. The van der Waals surface area contributed by atoms with Crippen LogP contribution in [0, 0.1) is 11.3 Å². The Bertz CT molecular complexity index is 859. The smallest absolute Gasteiger partial charge is 0.253 e. The first-order valence-corrected chi connectivity index (χ1v) is 8.40. The van der Waals surface area contributed by atoms with Crippen LogP contribution in [0.1, 0.15) is 28.0 Å². The van der Waals surface area contributed by atoms with E-state index in [0.717, 1.165) is 0 Å². The number of aromatic nitrogens is 2. The van der Waals surface area contributed by atoms with Crippen LogP contribution in [-0.4, -0.2) is 35.1 Å². The van der Waals surface area contributed by atoms with Crippen LogP contribution in [0.2, 0.25) is 10.0 Å². The van der Waals surface area contributed by atoms with E-state index < -0.39 is 5.91 Å². The van der Waals surface area contributed by atoms with Gasteiger partial charge in [0.05, 0.1) is 22.8 Å². The first-order chi connectivity index (χ1) is 12.4. The Morgan fingerprint density at radius 2 is 2.08 bits per heavy atom. The molecule has 0 unspecified atom stereocenters. The number of nitriles is 1. The Morgan fingerprint density at radius 3 is 2.77 bits per heavy atom. The molecule has 0 bridgehead atoms. The lowest BCUT2D eigenvalue weighted by atomic mass is 10.1. The number of anilines is 1. The zero-order valence-corrected chi connectivity index (χ0v) is 15.1. The number of nitrogens with zero attached hydrogens (tertiary/aromatic N) is 2. The van der Waals surface area contributed by atoms with Gasteiger partial charge in [0, 0.05) is 11.6 Å². The van der Waals surface area contributed by atoms with E-state index in [1.807, 2.05) is 6.07 Å². The Balaban J connectivity index is 1.72. The largest absolute Gasteiger partial charge is 0.381 e. The van der Waals surface area contributed by atoms with Crippen molar-refractivity contribution in [1.82, 2.24) is 20.8 Å². The van der Waals surface area contributed by atoms with E-state index >= 15 is 0 Å². The fourth-order valence-electron chi connectivity index (χ4n) is 2.18. The van der Waals surface area contributed by atoms with Crippen molar-refractivity contribution < 1.29 is 9.59 Å². The van der Waals surface area contributed by atoms with Crippen molar-refractivity contribution in [3.05, 3.63) is 45.1 Å². The number of H-pyrrole nitrogens is 1. The van der Waals surface area contributed by atoms with Gasteiger partial charge in [-0.05, 0) is 31.0 Å². The molecule has 5 N–H and O–H groups in total. The standard InChI is InChI=1S/C16H16Cl2N6O2/c17-9-3-4-10(12(18)6-9)16(26)22-8-14(25)21-5-1-2-13-11(7-19)15(20)24-23-13/h3-4,6H,1-2,5,8H2,(H,21,25)(H,22,26)(H3,20,23,24). The molecule has 0 atom stereocenters. The number of hydrogen-bond acceptors (Lipinski definition) is 5. The first-order valence-electron chi connectivity index (χ1n) is 7.65. The third-order valence-electron chi connectivity index (χ3n) is 3.49. The number of amides is 2. The molecular weight excluding hydrogens is 379 g/mol. The maximum absolute atomic E-state index is 12.0. The SMILES string of the molecule is N#Cc1c(N)n[nH]c1CCCNC(=O)CNC(=O)c1ccc(Cl)cc1Cl. The predicted molar refractivity (Wildman–Crippen MR) is 97.8 cm³/mol. The third-order valence-corrected chi connectivity index (χ3v) is 4.04. The highest BCUT2D eigenvalue weighted by molar-refractivity contribution is 6.36. The van der Waals surface area contributed by atoms with Crippen LogP contribution in [-0.2, 0) is 11.2 Å². The normalized spacial score (nSPS) is 10.2. The Morgan fingerprint density at radius 1 is 1.31 bits per heavy atom. The van der Waals surface area contributed by atoms with Crippen LogP contribution < -0.4 is 16.4 Å². The second-order valence-electron chi connectivity index (χ2n) is 5.33. The average molecular weight is 395 g/mol. The van der Waals surface area contributed by atoms with E-state index in [1.54, 1.807) is 6.07 Å². The van der Waals surface area contributed by atoms with Gasteiger partial charge < -0.3 is 16.4 Å². The van der Waals surface area contributed by atoms with Gasteiger partial charge in [0.2, 0.25) is 5.91 Å². The number of nitrogen functional groups attached to an aromatic ring is 1. The van der Waals surface area contributed by atoms with Gasteiger partial charge in [-0.25, -0.2) is 0 Å². The van der Waals surface area contributed by atoms with Crippen molar-refractivity contribution in [2.75, 3.05) is 18.8 Å². The molecule has 8 nitrogen and oxygen atoms in total. The zero-order valence-electron chi connectivity index (χ0n) is 13.6. The number of aryl methyl sites for hydroxylation is 1. The molecule has 2 rings (SSSR count). The summed E-state index contributed by atoms with van der Waals surface area (Å²) in [6.45, 7) is 0.193. The van der Waals surface area contributed by atoms with Crippen LogP contribution in [0.5, 0.6) is 0 Å².